The van der Waals surface area contributed by atoms with E-state index in [2.05, 4.69) is 10.6 Å². The molecule has 1 saturated heterocycles. The van der Waals surface area contributed by atoms with Crippen molar-refractivity contribution in [2.24, 2.45) is 5.92 Å². The van der Waals surface area contributed by atoms with E-state index in [1.165, 1.54) is 7.11 Å². The highest BCUT2D eigenvalue weighted by atomic mass is 16.5. The Bertz CT molecular complexity index is 1300. The van der Waals surface area contributed by atoms with Crippen LogP contribution in [0.1, 0.15) is 37.6 Å². The summed E-state index contributed by atoms with van der Waals surface area (Å²) in [6.07, 6.45) is 0.723. The largest absolute Gasteiger partial charge is 0.495 e. The monoisotopic (exact) mass is 516 g/mol. The van der Waals surface area contributed by atoms with Crippen LogP contribution in [0.5, 0.6) is 5.75 Å². The second-order valence-corrected chi connectivity index (χ2v) is 9.82. The minimum atomic E-state index is -0.692. The molecular weight excluding hydrogens is 480 g/mol. The van der Waals surface area contributed by atoms with E-state index in [4.69, 9.17) is 4.74 Å². The number of nitrogens with one attached hydrogen (secondary N) is 2. The number of carbonyl (C=O) groups excluding carboxylic acids is 3. The summed E-state index contributed by atoms with van der Waals surface area (Å²) in [5, 5.41) is 7.62. The van der Waals surface area contributed by atoms with E-state index in [0.717, 1.165) is 17.2 Å². The van der Waals surface area contributed by atoms with Gasteiger partial charge in [0, 0.05) is 31.2 Å². The van der Waals surface area contributed by atoms with Gasteiger partial charge >= 0.3 is 6.03 Å². The minimum Gasteiger partial charge on any atom is -0.495 e. The van der Waals surface area contributed by atoms with Crippen LogP contribution in [0.4, 0.5) is 10.5 Å². The van der Waals surface area contributed by atoms with E-state index in [0.29, 0.717) is 36.6 Å². The van der Waals surface area contributed by atoms with Gasteiger partial charge in [-0.15, -0.1) is 0 Å². The van der Waals surface area contributed by atoms with E-state index in [1.54, 1.807) is 23.1 Å². The number of hydrogen-bond acceptors (Lipinski definition) is 4. The minimum absolute atomic E-state index is 0.0332. The molecule has 8 nitrogen and oxygen atoms in total. The van der Waals surface area contributed by atoms with E-state index < -0.39 is 12.1 Å². The predicted molar refractivity (Wildman–Crippen MR) is 149 cm³/mol. The molecule has 4 amide bonds. The van der Waals surface area contributed by atoms with Crippen LogP contribution in [0.25, 0.3) is 10.8 Å². The van der Waals surface area contributed by atoms with Gasteiger partial charge in [-0.2, -0.15) is 0 Å². The van der Waals surface area contributed by atoms with Gasteiger partial charge < -0.3 is 25.2 Å². The van der Waals surface area contributed by atoms with Crippen molar-refractivity contribution in [1.29, 1.82) is 0 Å². The highest BCUT2D eigenvalue weighted by Gasteiger charge is 2.35. The fraction of sp³-hybridized carbons (Fsp3) is 0.367. The molecule has 3 atom stereocenters. The van der Waals surface area contributed by atoms with Crippen LogP contribution in [0.2, 0.25) is 0 Å². The fourth-order valence-corrected chi connectivity index (χ4v) is 4.95. The number of fused-ring (bicyclic) bond motifs is 1. The molecule has 3 aromatic rings. The molecular formula is C30H36N4O4. The van der Waals surface area contributed by atoms with Gasteiger partial charge in [-0.25, -0.2) is 4.79 Å². The van der Waals surface area contributed by atoms with Crippen molar-refractivity contribution in [2.45, 2.75) is 39.3 Å². The third-order valence-corrected chi connectivity index (χ3v) is 7.34. The van der Waals surface area contributed by atoms with Gasteiger partial charge in [-0.1, -0.05) is 68.8 Å². The number of rotatable bonds is 7. The van der Waals surface area contributed by atoms with Gasteiger partial charge in [0.1, 0.15) is 11.8 Å². The number of piperazine rings is 1. The topological polar surface area (TPSA) is 91.0 Å². The SMILES string of the molecule is CCC(C)C(NC(=O)Nc1ccccc1OC)C(=O)N1CCN(C(=O)c2cccc3ccccc23)C(C)C1. The standard InChI is InChI=1S/C30H36N4O4/c1-5-20(2)27(32-30(37)31-25-15-8-9-16-26(25)38-4)29(36)33-17-18-34(21(3)19-33)28(35)24-14-10-12-22-11-6-7-13-23(22)24/h6-16,20-21,27H,5,17-19H2,1-4H3,(H2,31,32,37). The molecule has 8 heteroatoms. The molecule has 1 fully saturated rings. The lowest BCUT2D eigenvalue weighted by Crippen LogP contribution is -2.60. The molecule has 0 saturated carbocycles. The summed E-state index contributed by atoms with van der Waals surface area (Å²) in [5.41, 5.74) is 1.19. The first-order chi connectivity index (χ1) is 18.3. The Hall–Kier alpha value is -4.07. The van der Waals surface area contributed by atoms with Crippen LogP contribution in [-0.4, -0.2) is 66.5 Å². The summed E-state index contributed by atoms with van der Waals surface area (Å²) >= 11 is 0. The molecule has 0 bridgehead atoms. The Morgan fingerprint density at radius 2 is 1.71 bits per heavy atom. The number of methoxy groups -OCH3 is 1. The predicted octanol–water partition coefficient (Wildman–Crippen LogP) is 4.76. The average molecular weight is 517 g/mol. The van der Waals surface area contributed by atoms with Gasteiger partial charge in [-0.05, 0) is 41.8 Å². The molecule has 1 aliphatic heterocycles. The normalized spacial score (nSPS) is 17.0. The second-order valence-electron chi connectivity index (χ2n) is 9.82. The zero-order valence-corrected chi connectivity index (χ0v) is 22.4. The number of para-hydroxylation sites is 2. The average Bonchev–Trinajstić information content (AvgIpc) is 2.94. The lowest BCUT2D eigenvalue weighted by molar-refractivity contribution is -0.136. The first-order valence-electron chi connectivity index (χ1n) is 13.1. The molecule has 3 unspecified atom stereocenters. The molecule has 200 valence electrons. The summed E-state index contributed by atoms with van der Waals surface area (Å²) in [4.78, 5) is 43.6. The van der Waals surface area contributed by atoms with Gasteiger partial charge in [0.2, 0.25) is 5.91 Å². The van der Waals surface area contributed by atoms with E-state index in [9.17, 15) is 14.4 Å². The summed E-state index contributed by atoms with van der Waals surface area (Å²) in [6.45, 7) is 7.14. The Morgan fingerprint density at radius 3 is 2.45 bits per heavy atom. The maximum absolute atomic E-state index is 13.6. The molecule has 1 aliphatic rings. The first kappa shape index (κ1) is 27.0. The van der Waals surface area contributed by atoms with Crippen molar-refractivity contribution in [3.05, 3.63) is 72.3 Å². The van der Waals surface area contributed by atoms with Crippen molar-refractivity contribution < 1.29 is 19.1 Å². The maximum Gasteiger partial charge on any atom is 0.320 e. The number of carbonyl (C=O) groups is 3. The highest BCUT2D eigenvalue weighted by molar-refractivity contribution is 6.07. The van der Waals surface area contributed by atoms with Crippen molar-refractivity contribution >= 4 is 34.3 Å². The van der Waals surface area contributed by atoms with Crippen molar-refractivity contribution in [3.63, 3.8) is 0 Å². The van der Waals surface area contributed by atoms with Gasteiger partial charge in [0.25, 0.3) is 5.91 Å². The Balaban J connectivity index is 1.44. The number of nitrogens with zero attached hydrogens (tertiary/aromatic N) is 2. The lowest BCUT2D eigenvalue weighted by atomic mass is 9.97. The summed E-state index contributed by atoms with van der Waals surface area (Å²) < 4.78 is 5.31. The maximum atomic E-state index is 13.6. The molecule has 2 N–H and O–H groups in total. The Kier molecular flexibility index (Phi) is 8.51. The number of amides is 4. The summed E-state index contributed by atoms with van der Waals surface area (Å²) in [7, 11) is 1.54. The quantitative estimate of drug-likeness (QED) is 0.474. The third kappa shape index (κ3) is 5.74. The second kappa shape index (κ2) is 12.0. The van der Waals surface area contributed by atoms with Crippen molar-refractivity contribution in [1.82, 2.24) is 15.1 Å². The zero-order chi connectivity index (χ0) is 27.2. The van der Waals surface area contributed by atoms with E-state index >= 15 is 0 Å². The van der Waals surface area contributed by atoms with E-state index in [-0.39, 0.29) is 23.8 Å². The first-order valence-corrected chi connectivity index (χ1v) is 13.1. The molecule has 0 aliphatic carbocycles. The number of urea groups is 1. The molecule has 4 rings (SSSR count). The summed E-state index contributed by atoms with van der Waals surface area (Å²) in [6, 6.07) is 19.4. The third-order valence-electron chi connectivity index (χ3n) is 7.34. The molecule has 38 heavy (non-hydrogen) atoms. The Morgan fingerprint density at radius 1 is 1.00 bits per heavy atom. The Labute approximate surface area is 223 Å². The smallest absolute Gasteiger partial charge is 0.320 e. The molecule has 0 radical (unpaired) electrons. The van der Waals surface area contributed by atoms with Crippen molar-refractivity contribution in [3.8, 4) is 5.75 Å². The van der Waals surface area contributed by atoms with Gasteiger partial charge in [0.05, 0.1) is 12.8 Å². The van der Waals surface area contributed by atoms with Crippen LogP contribution < -0.4 is 15.4 Å². The highest BCUT2D eigenvalue weighted by Crippen LogP contribution is 2.24. The lowest BCUT2D eigenvalue weighted by Gasteiger charge is -2.41. The fourth-order valence-electron chi connectivity index (χ4n) is 4.95. The molecule has 3 aromatic carbocycles. The van der Waals surface area contributed by atoms with Crippen LogP contribution in [0.3, 0.4) is 0 Å². The number of hydrogen-bond donors (Lipinski definition) is 2. The number of ether oxygens (including phenoxy) is 1. The van der Waals surface area contributed by atoms with Crippen LogP contribution in [0.15, 0.2) is 66.7 Å². The molecule has 0 aromatic heterocycles. The van der Waals surface area contributed by atoms with Crippen LogP contribution in [0, 0.1) is 5.92 Å². The zero-order valence-electron chi connectivity index (χ0n) is 22.4. The van der Waals surface area contributed by atoms with Crippen LogP contribution >= 0.6 is 0 Å². The number of anilines is 1. The number of benzene rings is 3. The van der Waals surface area contributed by atoms with Gasteiger partial charge in [0.15, 0.2) is 0 Å². The van der Waals surface area contributed by atoms with E-state index in [1.807, 2.05) is 74.2 Å². The van der Waals surface area contributed by atoms with Crippen LogP contribution in [-0.2, 0) is 4.79 Å². The molecule has 1 heterocycles. The molecule has 0 spiro atoms. The van der Waals surface area contributed by atoms with Gasteiger partial charge in [-0.3, -0.25) is 9.59 Å². The van der Waals surface area contributed by atoms with Crippen molar-refractivity contribution in [2.75, 3.05) is 32.1 Å². The summed E-state index contributed by atoms with van der Waals surface area (Å²) in [5.74, 6) is 0.291.